The number of nitrogens with one attached hydrogen (secondary N) is 1. The van der Waals surface area contributed by atoms with Crippen LogP contribution in [-0.4, -0.2) is 56.6 Å². The standard InChI is InChI=1S/C31H39N3O5S/c1-23-12-10-11-15-25(23)21-33(28(30(36)32-31(2,3)4)20-24-13-8-7-9-14-24)29(35)22-34(40(6,37)38)26-16-18-27(39-5)19-17-26/h7-19,28H,20-22H2,1-6H3,(H,32,36)/t28-/m1/s1. The molecule has 0 bridgehead atoms. The molecular weight excluding hydrogens is 526 g/mol. The summed E-state index contributed by atoms with van der Waals surface area (Å²) in [5.41, 5.74) is 2.50. The van der Waals surface area contributed by atoms with Gasteiger partial charge in [-0.15, -0.1) is 0 Å². The van der Waals surface area contributed by atoms with E-state index >= 15 is 0 Å². The first-order chi connectivity index (χ1) is 18.8. The molecule has 0 radical (unpaired) electrons. The number of carbonyl (C=O) groups is 2. The van der Waals surface area contributed by atoms with Gasteiger partial charge < -0.3 is 15.0 Å². The molecule has 2 amide bonds. The zero-order valence-corrected chi connectivity index (χ0v) is 24.9. The number of ether oxygens (including phenoxy) is 1. The lowest BCUT2D eigenvalue weighted by molar-refractivity contribution is -0.140. The molecule has 0 aromatic heterocycles. The van der Waals surface area contributed by atoms with Gasteiger partial charge in [0.15, 0.2) is 0 Å². The summed E-state index contributed by atoms with van der Waals surface area (Å²) in [5.74, 6) is -0.241. The number of anilines is 1. The minimum atomic E-state index is -3.84. The van der Waals surface area contributed by atoms with E-state index < -0.39 is 34.1 Å². The molecule has 1 atom stereocenters. The summed E-state index contributed by atoms with van der Waals surface area (Å²) in [6, 6.07) is 22.7. The Morgan fingerprint density at radius 2 is 1.52 bits per heavy atom. The van der Waals surface area contributed by atoms with Crippen molar-refractivity contribution in [1.29, 1.82) is 0 Å². The first kappa shape index (κ1) is 30.7. The Morgan fingerprint density at radius 1 is 0.925 bits per heavy atom. The lowest BCUT2D eigenvalue weighted by atomic mass is 10.00. The van der Waals surface area contributed by atoms with Crippen LogP contribution in [0.15, 0.2) is 78.9 Å². The highest BCUT2D eigenvalue weighted by molar-refractivity contribution is 7.92. The van der Waals surface area contributed by atoms with Gasteiger partial charge in [-0.2, -0.15) is 0 Å². The van der Waals surface area contributed by atoms with E-state index in [4.69, 9.17) is 4.74 Å². The van der Waals surface area contributed by atoms with Crippen LogP contribution in [0, 0.1) is 6.92 Å². The maximum absolute atomic E-state index is 14.1. The number of amides is 2. The van der Waals surface area contributed by atoms with Crippen molar-refractivity contribution in [3.8, 4) is 5.75 Å². The first-order valence-corrected chi connectivity index (χ1v) is 14.9. The topological polar surface area (TPSA) is 96.0 Å². The highest BCUT2D eigenvalue weighted by Crippen LogP contribution is 2.23. The van der Waals surface area contributed by atoms with Crippen molar-refractivity contribution in [2.75, 3.05) is 24.2 Å². The quantitative estimate of drug-likeness (QED) is 0.374. The Bertz CT molecular complexity index is 1400. The van der Waals surface area contributed by atoms with Crippen LogP contribution in [0.25, 0.3) is 0 Å². The summed E-state index contributed by atoms with van der Waals surface area (Å²) in [7, 11) is -2.32. The van der Waals surface area contributed by atoms with Crippen molar-refractivity contribution in [3.05, 3.63) is 95.6 Å². The predicted octanol–water partition coefficient (Wildman–Crippen LogP) is 4.32. The SMILES string of the molecule is COc1ccc(N(CC(=O)N(Cc2ccccc2C)[C@H](Cc2ccccc2)C(=O)NC(C)(C)C)S(C)(=O)=O)cc1. The minimum absolute atomic E-state index is 0.140. The van der Waals surface area contributed by atoms with E-state index in [2.05, 4.69) is 5.32 Å². The Kier molecular flexibility index (Phi) is 9.98. The molecule has 0 unspecified atom stereocenters. The molecule has 40 heavy (non-hydrogen) atoms. The molecule has 0 saturated carbocycles. The normalized spacial score (nSPS) is 12.3. The fraction of sp³-hybridized carbons (Fsp3) is 0.355. The molecule has 214 valence electrons. The van der Waals surface area contributed by atoms with Gasteiger partial charge in [0, 0.05) is 18.5 Å². The Balaban J connectivity index is 2.07. The minimum Gasteiger partial charge on any atom is -0.497 e. The Labute approximate surface area is 238 Å². The van der Waals surface area contributed by atoms with E-state index in [1.165, 1.54) is 12.0 Å². The summed E-state index contributed by atoms with van der Waals surface area (Å²) in [6.07, 6.45) is 1.33. The van der Waals surface area contributed by atoms with Gasteiger partial charge in [0.05, 0.1) is 19.1 Å². The summed E-state index contributed by atoms with van der Waals surface area (Å²) in [5, 5.41) is 3.02. The predicted molar refractivity (Wildman–Crippen MR) is 159 cm³/mol. The summed E-state index contributed by atoms with van der Waals surface area (Å²) >= 11 is 0. The fourth-order valence-corrected chi connectivity index (χ4v) is 5.19. The molecule has 8 nitrogen and oxygen atoms in total. The molecule has 0 aliphatic rings. The highest BCUT2D eigenvalue weighted by Gasteiger charge is 2.34. The van der Waals surface area contributed by atoms with E-state index in [1.807, 2.05) is 82.3 Å². The molecule has 3 aromatic rings. The molecular formula is C31H39N3O5S. The maximum Gasteiger partial charge on any atom is 0.244 e. The number of nitrogens with zero attached hydrogens (tertiary/aromatic N) is 2. The zero-order valence-electron chi connectivity index (χ0n) is 24.0. The highest BCUT2D eigenvalue weighted by atomic mass is 32.2. The van der Waals surface area contributed by atoms with E-state index in [-0.39, 0.29) is 18.9 Å². The van der Waals surface area contributed by atoms with Crippen LogP contribution >= 0.6 is 0 Å². The van der Waals surface area contributed by atoms with E-state index in [0.717, 1.165) is 27.3 Å². The third-order valence-electron chi connectivity index (χ3n) is 6.41. The van der Waals surface area contributed by atoms with Crippen LogP contribution in [0.4, 0.5) is 5.69 Å². The average molecular weight is 566 g/mol. The van der Waals surface area contributed by atoms with Gasteiger partial charge in [0.1, 0.15) is 18.3 Å². The summed E-state index contributed by atoms with van der Waals surface area (Å²) < 4.78 is 32.0. The first-order valence-electron chi connectivity index (χ1n) is 13.1. The van der Waals surface area contributed by atoms with Crippen LogP contribution in [0.2, 0.25) is 0 Å². The molecule has 9 heteroatoms. The molecule has 0 fully saturated rings. The van der Waals surface area contributed by atoms with Crippen LogP contribution in [-0.2, 0) is 32.6 Å². The Morgan fingerprint density at radius 3 is 2.08 bits per heavy atom. The molecule has 0 aliphatic carbocycles. The van der Waals surface area contributed by atoms with Gasteiger partial charge in [-0.3, -0.25) is 13.9 Å². The van der Waals surface area contributed by atoms with Gasteiger partial charge in [-0.25, -0.2) is 8.42 Å². The van der Waals surface area contributed by atoms with Gasteiger partial charge in [0.2, 0.25) is 21.8 Å². The molecule has 3 aromatic carbocycles. The number of benzene rings is 3. The number of aryl methyl sites for hydroxylation is 1. The number of hydrogen-bond donors (Lipinski definition) is 1. The summed E-state index contributed by atoms with van der Waals surface area (Å²) in [6.45, 7) is 7.26. The largest absolute Gasteiger partial charge is 0.497 e. The number of rotatable bonds is 11. The fourth-order valence-electron chi connectivity index (χ4n) is 4.34. The van der Waals surface area contributed by atoms with E-state index in [9.17, 15) is 18.0 Å². The van der Waals surface area contributed by atoms with Crippen molar-refractivity contribution in [1.82, 2.24) is 10.2 Å². The second-order valence-electron chi connectivity index (χ2n) is 10.9. The molecule has 3 rings (SSSR count). The zero-order chi connectivity index (χ0) is 29.5. The number of carbonyl (C=O) groups excluding carboxylic acids is 2. The van der Waals surface area contributed by atoms with Crippen molar-refractivity contribution >= 4 is 27.5 Å². The summed E-state index contributed by atoms with van der Waals surface area (Å²) in [4.78, 5) is 29.4. The molecule has 1 N–H and O–H groups in total. The van der Waals surface area contributed by atoms with Gasteiger partial charge >= 0.3 is 0 Å². The lowest BCUT2D eigenvalue weighted by Crippen LogP contribution is -2.56. The third-order valence-corrected chi connectivity index (χ3v) is 7.55. The second kappa shape index (κ2) is 13.0. The van der Waals surface area contributed by atoms with Gasteiger partial charge in [0.25, 0.3) is 0 Å². The average Bonchev–Trinajstić information content (AvgIpc) is 2.89. The van der Waals surface area contributed by atoms with Crippen LogP contribution in [0.3, 0.4) is 0 Å². The van der Waals surface area contributed by atoms with Crippen LogP contribution in [0.5, 0.6) is 5.75 Å². The second-order valence-corrected chi connectivity index (χ2v) is 12.8. The molecule has 0 spiro atoms. The number of sulfonamides is 1. The van der Waals surface area contributed by atoms with Crippen LogP contribution in [0.1, 0.15) is 37.5 Å². The van der Waals surface area contributed by atoms with Crippen molar-refractivity contribution < 1.29 is 22.7 Å². The van der Waals surface area contributed by atoms with Crippen LogP contribution < -0.4 is 14.4 Å². The number of hydrogen-bond acceptors (Lipinski definition) is 5. The van der Waals surface area contributed by atoms with E-state index in [1.54, 1.807) is 24.3 Å². The smallest absolute Gasteiger partial charge is 0.244 e. The lowest BCUT2D eigenvalue weighted by Gasteiger charge is -2.35. The van der Waals surface area contributed by atoms with Crippen molar-refractivity contribution in [2.24, 2.45) is 0 Å². The van der Waals surface area contributed by atoms with E-state index in [0.29, 0.717) is 11.4 Å². The van der Waals surface area contributed by atoms with Gasteiger partial charge in [-0.05, 0) is 68.7 Å². The third kappa shape index (κ3) is 8.58. The molecule has 0 heterocycles. The molecule has 0 aliphatic heterocycles. The monoisotopic (exact) mass is 565 g/mol. The van der Waals surface area contributed by atoms with Gasteiger partial charge in [-0.1, -0.05) is 54.6 Å². The maximum atomic E-state index is 14.1. The molecule has 0 saturated heterocycles. The Hall–Kier alpha value is -3.85. The number of methoxy groups -OCH3 is 1. The van der Waals surface area contributed by atoms with Crippen molar-refractivity contribution in [3.63, 3.8) is 0 Å². The van der Waals surface area contributed by atoms with Crippen molar-refractivity contribution in [2.45, 2.75) is 52.2 Å².